The quantitative estimate of drug-likeness (QED) is 0.741. The lowest BCUT2D eigenvalue weighted by atomic mass is 9.99. The maximum atomic E-state index is 12.8. The zero-order valence-electron chi connectivity index (χ0n) is 15.8. The summed E-state index contributed by atoms with van der Waals surface area (Å²) < 4.78 is 0. The Hall–Kier alpha value is -3.40. The van der Waals surface area contributed by atoms with Gasteiger partial charge >= 0.3 is 0 Å². The Bertz CT molecular complexity index is 1010. The van der Waals surface area contributed by atoms with Gasteiger partial charge in [0.1, 0.15) is 0 Å². The third kappa shape index (κ3) is 3.81. The van der Waals surface area contributed by atoms with Crippen LogP contribution in [-0.4, -0.2) is 23.3 Å². The zero-order chi connectivity index (χ0) is 19.5. The van der Waals surface area contributed by atoms with E-state index in [1.165, 1.54) is 11.1 Å². The summed E-state index contributed by atoms with van der Waals surface area (Å²) in [5.74, 6) is -0.185. The van der Waals surface area contributed by atoms with Crippen molar-refractivity contribution in [2.75, 3.05) is 11.9 Å². The van der Waals surface area contributed by atoms with Crippen LogP contribution in [0.2, 0.25) is 0 Å². The van der Waals surface area contributed by atoms with Crippen LogP contribution in [0.15, 0.2) is 72.8 Å². The average molecular weight is 370 g/mol. The normalized spacial score (nSPS) is 13.0. The molecule has 0 bridgehead atoms. The predicted molar refractivity (Wildman–Crippen MR) is 110 cm³/mol. The Labute approximate surface area is 164 Å². The van der Waals surface area contributed by atoms with Crippen LogP contribution in [-0.2, 0) is 13.0 Å². The molecule has 0 spiro atoms. The summed E-state index contributed by atoms with van der Waals surface area (Å²) in [4.78, 5) is 27.1. The second-order valence-corrected chi connectivity index (χ2v) is 7.14. The molecule has 1 aliphatic rings. The van der Waals surface area contributed by atoms with Gasteiger partial charge in [-0.15, -0.1) is 0 Å². The topological polar surface area (TPSA) is 49.4 Å². The van der Waals surface area contributed by atoms with E-state index in [4.69, 9.17) is 0 Å². The van der Waals surface area contributed by atoms with Gasteiger partial charge in [-0.1, -0.05) is 42.0 Å². The monoisotopic (exact) mass is 370 g/mol. The fourth-order valence-electron chi connectivity index (χ4n) is 3.46. The van der Waals surface area contributed by atoms with Gasteiger partial charge in [0.15, 0.2) is 0 Å². The Morgan fingerprint density at radius 2 is 1.46 bits per heavy atom. The molecule has 0 saturated carbocycles. The lowest BCUT2D eigenvalue weighted by molar-refractivity contribution is 0.0734. The SMILES string of the molecule is Cc1ccc(NC(=O)c2ccc(C(=O)N3CCc4ccccc4C3)cc2)cc1. The van der Waals surface area contributed by atoms with Gasteiger partial charge in [-0.2, -0.15) is 0 Å². The molecule has 28 heavy (non-hydrogen) atoms. The van der Waals surface area contributed by atoms with Gasteiger partial charge in [-0.05, 0) is 60.9 Å². The smallest absolute Gasteiger partial charge is 0.255 e. The van der Waals surface area contributed by atoms with Gasteiger partial charge in [0.05, 0.1) is 0 Å². The lowest BCUT2D eigenvalue weighted by Gasteiger charge is -2.29. The third-order valence-electron chi connectivity index (χ3n) is 5.12. The second-order valence-electron chi connectivity index (χ2n) is 7.14. The molecule has 0 atom stereocenters. The number of fused-ring (bicyclic) bond motifs is 1. The van der Waals surface area contributed by atoms with Crippen LogP contribution >= 0.6 is 0 Å². The largest absolute Gasteiger partial charge is 0.334 e. The number of aryl methyl sites for hydroxylation is 1. The molecule has 1 aliphatic heterocycles. The van der Waals surface area contributed by atoms with E-state index < -0.39 is 0 Å². The summed E-state index contributed by atoms with van der Waals surface area (Å²) in [7, 11) is 0. The number of carbonyl (C=O) groups is 2. The van der Waals surface area contributed by atoms with Crippen molar-refractivity contribution in [3.8, 4) is 0 Å². The van der Waals surface area contributed by atoms with Crippen molar-refractivity contribution in [2.24, 2.45) is 0 Å². The highest BCUT2D eigenvalue weighted by Gasteiger charge is 2.21. The molecule has 4 nitrogen and oxygen atoms in total. The minimum atomic E-state index is -0.185. The Morgan fingerprint density at radius 1 is 0.821 bits per heavy atom. The van der Waals surface area contributed by atoms with E-state index in [1.54, 1.807) is 24.3 Å². The van der Waals surface area contributed by atoms with E-state index in [0.717, 1.165) is 17.7 Å². The van der Waals surface area contributed by atoms with Crippen molar-refractivity contribution in [1.29, 1.82) is 0 Å². The van der Waals surface area contributed by atoms with E-state index in [2.05, 4.69) is 17.4 Å². The number of benzene rings is 3. The minimum absolute atomic E-state index is 0.00000388. The number of carbonyl (C=O) groups excluding carboxylic acids is 2. The molecule has 1 N–H and O–H groups in total. The molecule has 0 aliphatic carbocycles. The summed E-state index contributed by atoms with van der Waals surface area (Å²) in [6.45, 7) is 3.35. The molecule has 1 heterocycles. The van der Waals surface area contributed by atoms with Crippen LogP contribution in [0, 0.1) is 6.92 Å². The molecule has 3 aromatic rings. The van der Waals surface area contributed by atoms with E-state index in [-0.39, 0.29) is 11.8 Å². The minimum Gasteiger partial charge on any atom is -0.334 e. The summed E-state index contributed by atoms with van der Waals surface area (Å²) in [5, 5.41) is 2.87. The molecule has 4 heteroatoms. The molecule has 0 saturated heterocycles. The van der Waals surface area contributed by atoms with E-state index >= 15 is 0 Å². The summed E-state index contributed by atoms with van der Waals surface area (Å²) in [6.07, 6.45) is 0.874. The van der Waals surface area contributed by atoms with Crippen LogP contribution in [0.3, 0.4) is 0 Å². The van der Waals surface area contributed by atoms with Gasteiger partial charge < -0.3 is 10.2 Å². The second kappa shape index (κ2) is 7.69. The predicted octanol–water partition coefficient (Wildman–Crippen LogP) is 4.45. The maximum Gasteiger partial charge on any atom is 0.255 e. The first kappa shape index (κ1) is 18.0. The van der Waals surface area contributed by atoms with E-state index in [0.29, 0.717) is 24.2 Å². The lowest BCUT2D eigenvalue weighted by Crippen LogP contribution is -2.35. The Balaban J connectivity index is 1.43. The van der Waals surface area contributed by atoms with Crippen molar-refractivity contribution < 1.29 is 9.59 Å². The fraction of sp³-hybridized carbons (Fsp3) is 0.167. The number of amides is 2. The molecular weight excluding hydrogens is 348 g/mol. The molecule has 0 aromatic heterocycles. The van der Waals surface area contributed by atoms with Crippen LogP contribution in [0.25, 0.3) is 0 Å². The highest BCUT2D eigenvalue weighted by molar-refractivity contribution is 6.05. The molecular formula is C24H22N2O2. The van der Waals surface area contributed by atoms with E-state index in [1.807, 2.05) is 48.2 Å². The number of nitrogens with zero attached hydrogens (tertiary/aromatic N) is 1. The van der Waals surface area contributed by atoms with Crippen molar-refractivity contribution >= 4 is 17.5 Å². The summed E-state index contributed by atoms with van der Waals surface area (Å²) in [6, 6.07) is 22.8. The molecule has 2 amide bonds. The average Bonchev–Trinajstić information content (AvgIpc) is 2.74. The van der Waals surface area contributed by atoms with Crippen molar-refractivity contribution in [2.45, 2.75) is 19.9 Å². The highest BCUT2D eigenvalue weighted by atomic mass is 16.2. The zero-order valence-corrected chi connectivity index (χ0v) is 15.8. The Kier molecular flexibility index (Phi) is 4.94. The molecule has 4 rings (SSSR count). The van der Waals surface area contributed by atoms with Gasteiger partial charge in [0.25, 0.3) is 11.8 Å². The molecule has 0 radical (unpaired) electrons. The highest BCUT2D eigenvalue weighted by Crippen LogP contribution is 2.20. The fourth-order valence-corrected chi connectivity index (χ4v) is 3.46. The van der Waals surface area contributed by atoms with Crippen LogP contribution in [0.1, 0.15) is 37.4 Å². The number of anilines is 1. The molecule has 140 valence electrons. The first-order valence-corrected chi connectivity index (χ1v) is 9.44. The van der Waals surface area contributed by atoms with Crippen molar-refractivity contribution in [3.05, 3.63) is 101 Å². The van der Waals surface area contributed by atoms with E-state index in [9.17, 15) is 9.59 Å². The first-order valence-electron chi connectivity index (χ1n) is 9.44. The van der Waals surface area contributed by atoms with Gasteiger partial charge in [0, 0.05) is 29.9 Å². The third-order valence-corrected chi connectivity index (χ3v) is 5.12. The summed E-state index contributed by atoms with van der Waals surface area (Å²) in [5.41, 5.74) is 5.54. The van der Waals surface area contributed by atoms with Crippen molar-refractivity contribution in [3.63, 3.8) is 0 Å². The number of hydrogen-bond acceptors (Lipinski definition) is 2. The molecule has 3 aromatic carbocycles. The van der Waals surface area contributed by atoms with Crippen LogP contribution < -0.4 is 5.32 Å². The maximum absolute atomic E-state index is 12.8. The van der Waals surface area contributed by atoms with Crippen molar-refractivity contribution in [1.82, 2.24) is 4.90 Å². The van der Waals surface area contributed by atoms with Gasteiger partial charge in [-0.3, -0.25) is 9.59 Å². The van der Waals surface area contributed by atoms with Gasteiger partial charge in [-0.25, -0.2) is 0 Å². The number of rotatable bonds is 3. The first-order chi connectivity index (χ1) is 13.6. The van der Waals surface area contributed by atoms with Crippen LogP contribution in [0.4, 0.5) is 5.69 Å². The number of nitrogens with one attached hydrogen (secondary N) is 1. The molecule has 0 unspecified atom stereocenters. The standard InChI is InChI=1S/C24H22N2O2/c1-17-6-12-22(13-7-17)25-23(27)19-8-10-20(11-9-19)24(28)26-15-14-18-4-2-3-5-21(18)16-26/h2-13H,14-16H2,1H3,(H,25,27). The molecule has 0 fully saturated rings. The van der Waals surface area contributed by atoms with Gasteiger partial charge in [0.2, 0.25) is 0 Å². The Morgan fingerprint density at radius 3 is 2.18 bits per heavy atom. The number of hydrogen-bond donors (Lipinski definition) is 1. The summed E-state index contributed by atoms with van der Waals surface area (Å²) >= 11 is 0. The van der Waals surface area contributed by atoms with Crippen LogP contribution in [0.5, 0.6) is 0 Å².